The maximum atomic E-state index is 12.9. The summed E-state index contributed by atoms with van der Waals surface area (Å²) in [6.45, 7) is 2.30. The van der Waals surface area contributed by atoms with Crippen LogP contribution in [0.4, 0.5) is 0 Å². The van der Waals surface area contributed by atoms with E-state index >= 15 is 0 Å². The fraction of sp³-hybridized carbons (Fsp3) is 0.280. The van der Waals surface area contributed by atoms with Gasteiger partial charge in [0, 0.05) is 41.7 Å². The first-order chi connectivity index (χ1) is 14.8. The van der Waals surface area contributed by atoms with Crippen molar-refractivity contribution in [2.75, 3.05) is 19.7 Å². The lowest BCUT2D eigenvalue weighted by Gasteiger charge is -2.32. The van der Waals surface area contributed by atoms with Gasteiger partial charge in [0.15, 0.2) is 0 Å². The Kier molecular flexibility index (Phi) is 7.03. The van der Waals surface area contributed by atoms with E-state index < -0.39 is 0 Å². The molecule has 0 radical (unpaired) electrons. The van der Waals surface area contributed by atoms with Crippen molar-refractivity contribution in [3.05, 3.63) is 90.3 Å². The van der Waals surface area contributed by atoms with E-state index in [0.29, 0.717) is 5.92 Å². The van der Waals surface area contributed by atoms with Crippen LogP contribution in [0.2, 0.25) is 0 Å². The largest absolute Gasteiger partial charge is 0.493 e. The Morgan fingerprint density at radius 3 is 2.47 bits per heavy atom. The average Bonchev–Trinajstić information content (AvgIpc) is 2.83. The number of carbonyl (C=O) groups excluding carboxylic acids is 1. The molecule has 2 aromatic carbocycles. The van der Waals surface area contributed by atoms with Crippen LogP contribution in [-0.2, 0) is 5.75 Å². The molecule has 5 heteroatoms. The van der Waals surface area contributed by atoms with Crippen LogP contribution < -0.4 is 4.74 Å². The number of hydrogen-bond donors (Lipinski definition) is 0. The maximum absolute atomic E-state index is 12.9. The molecule has 1 aliphatic rings. The van der Waals surface area contributed by atoms with Gasteiger partial charge in [0.1, 0.15) is 5.75 Å². The highest BCUT2D eigenvalue weighted by Gasteiger charge is 2.24. The van der Waals surface area contributed by atoms with Gasteiger partial charge < -0.3 is 9.64 Å². The summed E-state index contributed by atoms with van der Waals surface area (Å²) in [4.78, 5) is 20.1. The standard InChI is InChI=1S/C25H26N2O2S/c28-25(22-8-10-24(11-9-22)30-19-21-5-4-14-26-17-21)27-15-12-20(13-16-27)18-29-23-6-2-1-3-7-23/h1-11,14,17,20H,12-13,15-16,18-19H2. The Bertz CT molecular complexity index is 924. The van der Waals surface area contributed by atoms with Gasteiger partial charge in [-0.2, -0.15) is 0 Å². The molecule has 1 aromatic heterocycles. The summed E-state index contributed by atoms with van der Waals surface area (Å²) in [5.74, 6) is 2.42. The van der Waals surface area contributed by atoms with Crippen LogP contribution in [0.5, 0.6) is 5.75 Å². The van der Waals surface area contributed by atoms with E-state index in [1.807, 2.05) is 71.8 Å². The van der Waals surface area contributed by atoms with Crippen LogP contribution in [0.3, 0.4) is 0 Å². The number of likely N-dealkylation sites (tertiary alicyclic amines) is 1. The van der Waals surface area contributed by atoms with E-state index in [1.54, 1.807) is 18.0 Å². The quantitative estimate of drug-likeness (QED) is 0.488. The summed E-state index contributed by atoms with van der Waals surface area (Å²) in [5, 5.41) is 0. The summed E-state index contributed by atoms with van der Waals surface area (Å²) < 4.78 is 5.88. The highest BCUT2D eigenvalue weighted by atomic mass is 32.2. The third-order valence-electron chi connectivity index (χ3n) is 5.36. The molecule has 0 saturated carbocycles. The summed E-state index contributed by atoms with van der Waals surface area (Å²) >= 11 is 1.75. The van der Waals surface area contributed by atoms with Gasteiger partial charge in [-0.3, -0.25) is 9.78 Å². The second kappa shape index (κ2) is 10.3. The fourth-order valence-electron chi connectivity index (χ4n) is 3.56. The molecule has 0 atom stereocenters. The van der Waals surface area contributed by atoms with Crippen LogP contribution in [0.25, 0.3) is 0 Å². The van der Waals surface area contributed by atoms with Crippen molar-refractivity contribution in [2.24, 2.45) is 5.92 Å². The molecule has 1 aliphatic heterocycles. The smallest absolute Gasteiger partial charge is 0.253 e. The third kappa shape index (κ3) is 5.63. The first-order valence-corrected chi connectivity index (χ1v) is 11.4. The zero-order valence-corrected chi connectivity index (χ0v) is 17.8. The normalized spacial score (nSPS) is 14.5. The van der Waals surface area contributed by atoms with E-state index in [4.69, 9.17) is 4.74 Å². The Balaban J connectivity index is 1.23. The van der Waals surface area contributed by atoms with Crippen molar-refractivity contribution in [2.45, 2.75) is 23.5 Å². The van der Waals surface area contributed by atoms with E-state index in [2.05, 4.69) is 11.1 Å². The van der Waals surface area contributed by atoms with Gasteiger partial charge in [-0.15, -0.1) is 11.8 Å². The predicted molar refractivity (Wildman–Crippen MR) is 121 cm³/mol. The molecule has 3 aromatic rings. The van der Waals surface area contributed by atoms with Crippen LogP contribution in [-0.4, -0.2) is 35.5 Å². The van der Waals surface area contributed by atoms with Crippen LogP contribution in [0.1, 0.15) is 28.8 Å². The number of ether oxygens (including phenoxy) is 1. The zero-order valence-electron chi connectivity index (χ0n) is 16.9. The van der Waals surface area contributed by atoms with E-state index in [-0.39, 0.29) is 5.91 Å². The molecule has 1 amide bonds. The van der Waals surface area contributed by atoms with Gasteiger partial charge in [-0.25, -0.2) is 0 Å². The van der Waals surface area contributed by atoms with Gasteiger partial charge in [0.05, 0.1) is 6.61 Å². The lowest BCUT2D eigenvalue weighted by molar-refractivity contribution is 0.0661. The Labute approximate surface area is 182 Å². The molecular weight excluding hydrogens is 392 g/mol. The molecule has 30 heavy (non-hydrogen) atoms. The van der Waals surface area contributed by atoms with Crippen LogP contribution in [0, 0.1) is 5.92 Å². The van der Waals surface area contributed by atoms with Crippen molar-refractivity contribution < 1.29 is 9.53 Å². The van der Waals surface area contributed by atoms with Crippen molar-refractivity contribution in [3.63, 3.8) is 0 Å². The molecule has 0 unspecified atom stereocenters. The van der Waals surface area contributed by atoms with Gasteiger partial charge in [0.25, 0.3) is 5.91 Å². The Morgan fingerprint density at radius 1 is 1.00 bits per heavy atom. The van der Waals surface area contributed by atoms with E-state index in [9.17, 15) is 4.79 Å². The molecular formula is C25H26N2O2S. The number of carbonyl (C=O) groups is 1. The molecule has 4 rings (SSSR count). The van der Waals surface area contributed by atoms with Crippen molar-refractivity contribution in [1.82, 2.24) is 9.88 Å². The van der Waals surface area contributed by atoms with Crippen LogP contribution in [0.15, 0.2) is 84.0 Å². The summed E-state index contributed by atoms with van der Waals surface area (Å²) in [6, 6.07) is 21.9. The first kappa shape index (κ1) is 20.5. The van der Waals surface area contributed by atoms with E-state index in [1.165, 1.54) is 5.56 Å². The zero-order chi connectivity index (χ0) is 20.6. The number of amides is 1. The number of pyridine rings is 1. The molecule has 0 spiro atoms. The Hall–Kier alpha value is -2.79. The van der Waals surface area contributed by atoms with Crippen molar-refractivity contribution >= 4 is 17.7 Å². The lowest BCUT2D eigenvalue weighted by atomic mass is 9.97. The van der Waals surface area contributed by atoms with Gasteiger partial charge in [0.2, 0.25) is 0 Å². The molecule has 1 saturated heterocycles. The molecule has 4 nitrogen and oxygen atoms in total. The number of rotatable bonds is 7. The number of hydrogen-bond acceptors (Lipinski definition) is 4. The minimum atomic E-state index is 0.126. The number of nitrogens with zero attached hydrogens (tertiary/aromatic N) is 2. The van der Waals surface area contributed by atoms with Crippen LogP contribution >= 0.6 is 11.8 Å². The monoisotopic (exact) mass is 418 g/mol. The lowest BCUT2D eigenvalue weighted by Crippen LogP contribution is -2.39. The number of aromatic nitrogens is 1. The topological polar surface area (TPSA) is 42.4 Å². The third-order valence-corrected chi connectivity index (χ3v) is 6.44. The van der Waals surface area contributed by atoms with Gasteiger partial charge in [-0.05, 0) is 66.8 Å². The molecule has 0 bridgehead atoms. The molecule has 2 heterocycles. The summed E-state index contributed by atoms with van der Waals surface area (Å²) in [7, 11) is 0. The number of para-hydroxylation sites is 1. The molecule has 0 N–H and O–H groups in total. The highest BCUT2D eigenvalue weighted by Crippen LogP contribution is 2.24. The molecule has 0 aliphatic carbocycles. The van der Waals surface area contributed by atoms with Crippen molar-refractivity contribution in [1.29, 1.82) is 0 Å². The average molecular weight is 419 g/mol. The SMILES string of the molecule is O=C(c1ccc(SCc2cccnc2)cc1)N1CCC(COc2ccccc2)CC1. The number of thioether (sulfide) groups is 1. The molecule has 1 fully saturated rings. The summed E-state index contributed by atoms with van der Waals surface area (Å²) in [5.41, 5.74) is 1.96. The minimum absolute atomic E-state index is 0.126. The Morgan fingerprint density at radius 2 is 1.77 bits per heavy atom. The van der Waals surface area contributed by atoms with Gasteiger partial charge >= 0.3 is 0 Å². The fourth-order valence-corrected chi connectivity index (χ4v) is 4.39. The minimum Gasteiger partial charge on any atom is -0.493 e. The van der Waals surface area contributed by atoms with E-state index in [0.717, 1.165) is 54.5 Å². The second-order valence-corrected chi connectivity index (χ2v) is 8.58. The summed E-state index contributed by atoms with van der Waals surface area (Å²) in [6.07, 6.45) is 5.64. The highest BCUT2D eigenvalue weighted by molar-refractivity contribution is 7.98. The van der Waals surface area contributed by atoms with Crippen molar-refractivity contribution in [3.8, 4) is 5.75 Å². The second-order valence-electron chi connectivity index (χ2n) is 7.53. The predicted octanol–water partition coefficient (Wildman–Crippen LogP) is 5.31. The molecule has 154 valence electrons. The number of piperidine rings is 1. The maximum Gasteiger partial charge on any atom is 0.253 e. The first-order valence-electron chi connectivity index (χ1n) is 10.4. The number of benzene rings is 2. The van der Waals surface area contributed by atoms with Gasteiger partial charge in [-0.1, -0.05) is 24.3 Å².